The first kappa shape index (κ1) is 18.5. The van der Waals surface area contributed by atoms with Gasteiger partial charge in [0, 0.05) is 31.1 Å². The molecule has 5 nitrogen and oxygen atoms in total. The van der Waals surface area contributed by atoms with Gasteiger partial charge in [-0.1, -0.05) is 29.6 Å². The van der Waals surface area contributed by atoms with Crippen molar-refractivity contribution in [1.29, 1.82) is 0 Å². The van der Waals surface area contributed by atoms with Crippen LogP contribution >= 0.6 is 23.2 Å². The predicted molar refractivity (Wildman–Crippen MR) is 91.3 cm³/mol. The molecule has 1 saturated heterocycles. The minimum absolute atomic E-state index is 0.0787. The summed E-state index contributed by atoms with van der Waals surface area (Å²) < 4.78 is 27.4. The molecule has 0 bridgehead atoms. The molecule has 0 aliphatic carbocycles. The van der Waals surface area contributed by atoms with Crippen LogP contribution in [0.25, 0.3) is 0 Å². The van der Waals surface area contributed by atoms with Gasteiger partial charge in [0.15, 0.2) is 0 Å². The summed E-state index contributed by atoms with van der Waals surface area (Å²) in [6.45, 7) is 2.37. The average molecular weight is 379 g/mol. The van der Waals surface area contributed by atoms with E-state index in [1.54, 1.807) is 0 Å². The molecule has 0 saturated carbocycles. The van der Waals surface area contributed by atoms with Crippen molar-refractivity contribution in [2.45, 2.75) is 43.5 Å². The van der Waals surface area contributed by atoms with Crippen molar-refractivity contribution >= 4 is 39.1 Å². The molecular weight excluding hydrogens is 359 g/mol. The Bertz CT molecular complexity index is 679. The van der Waals surface area contributed by atoms with Crippen LogP contribution in [0.1, 0.15) is 32.6 Å². The fourth-order valence-electron chi connectivity index (χ4n) is 2.80. The van der Waals surface area contributed by atoms with E-state index in [0.717, 1.165) is 19.3 Å². The van der Waals surface area contributed by atoms with E-state index in [9.17, 15) is 13.2 Å². The molecule has 1 N–H and O–H groups in total. The van der Waals surface area contributed by atoms with Crippen molar-refractivity contribution in [2.24, 2.45) is 0 Å². The molecule has 0 unspecified atom stereocenters. The summed E-state index contributed by atoms with van der Waals surface area (Å²) in [5.74, 6) is -0.115. The highest BCUT2D eigenvalue weighted by molar-refractivity contribution is 7.89. The maximum absolute atomic E-state index is 12.9. The Kier molecular flexibility index (Phi) is 6.31. The molecule has 0 radical (unpaired) electrons. The van der Waals surface area contributed by atoms with E-state index < -0.39 is 10.0 Å². The minimum Gasteiger partial charge on any atom is -0.356 e. The van der Waals surface area contributed by atoms with Crippen LogP contribution in [0.3, 0.4) is 0 Å². The first-order valence-electron chi connectivity index (χ1n) is 7.53. The van der Waals surface area contributed by atoms with Gasteiger partial charge in [-0.15, -0.1) is 0 Å². The van der Waals surface area contributed by atoms with Gasteiger partial charge < -0.3 is 5.32 Å². The molecule has 128 valence electrons. The first-order valence-corrected chi connectivity index (χ1v) is 9.73. The topological polar surface area (TPSA) is 66.5 Å². The van der Waals surface area contributed by atoms with Crippen LogP contribution in [-0.2, 0) is 14.8 Å². The minimum atomic E-state index is -3.68. The van der Waals surface area contributed by atoms with Crippen LogP contribution < -0.4 is 5.32 Å². The second-order valence-corrected chi connectivity index (χ2v) is 8.31. The summed E-state index contributed by atoms with van der Waals surface area (Å²) in [6, 6.07) is 4.27. The fraction of sp³-hybridized carbons (Fsp3) is 0.533. The summed E-state index contributed by atoms with van der Waals surface area (Å²) in [7, 11) is -3.68. The van der Waals surface area contributed by atoms with E-state index in [4.69, 9.17) is 23.2 Å². The van der Waals surface area contributed by atoms with Crippen LogP contribution in [0.5, 0.6) is 0 Å². The van der Waals surface area contributed by atoms with Gasteiger partial charge >= 0.3 is 0 Å². The number of amides is 1. The Morgan fingerprint density at radius 2 is 2.09 bits per heavy atom. The standard InChI is InChI=1S/C15H20Cl2N2O3S/c1-11(20)18-8-7-13-4-2-3-9-19(13)23(21,22)15-6-5-12(16)10-14(15)17/h5-6,10,13H,2-4,7-9H2,1H3,(H,18,20)/t13-/m0/s1. The third-order valence-electron chi connectivity index (χ3n) is 3.91. The van der Waals surface area contributed by atoms with Crippen molar-refractivity contribution in [3.05, 3.63) is 28.2 Å². The summed E-state index contributed by atoms with van der Waals surface area (Å²) >= 11 is 11.9. The number of halogens is 2. The number of carbonyl (C=O) groups is 1. The zero-order valence-corrected chi connectivity index (χ0v) is 15.2. The maximum Gasteiger partial charge on any atom is 0.244 e. The van der Waals surface area contributed by atoms with E-state index in [1.807, 2.05) is 0 Å². The van der Waals surface area contributed by atoms with Gasteiger partial charge in [0.2, 0.25) is 15.9 Å². The largest absolute Gasteiger partial charge is 0.356 e. The van der Waals surface area contributed by atoms with Gasteiger partial charge in [-0.05, 0) is 37.5 Å². The third kappa shape index (κ3) is 4.59. The van der Waals surface area contributed by atoms with Gasteiger partial charge in [0.05, 0.1) is 5.02 Å². The molecule has 2 rings (SSSR count). The molecule has 1 atom stereocenters. The SMILES string of the molecule is CC(=O)NCC[C@@H]1CCCCN1S(=O)(=O)c1ccc(Cl)cc1Cl. The molecule has 1 aromatic carbocycles. The molecule has 0 spiro atoms. The quantitative estimate of drug-likeness (QED) is 0.855. The van der Waals surface area contributed by atoms with Gasteiger partial charge in [0.25, 0.3) is 0 Å². The Labute approximate surface area is 147 Å². The molecule has 1 heterocycles. The van der Waals surface area contributed by atoms with Crippen LogP contribution in [0, 0.1) is 0 Å². The van der Waals surface area contributed by atoms with Crippen molar-refractivity contribution in [3.8, 4) is 0 Å². The Balaban J connectivity index is 2.22. The summed E-state index contributed by atoms with van der Waals surface area (Å²) in [5.41, 5.74) is 0. The van der Waals surface area contributed by atoms with Gasteiger partial charge in [-0.25, -0.2) is 8.42 Å². The van der Waals surface area contributed by atoms with E-state index >= 15 is 0 Å². The number of carbonyl (C=O) groups excluding carboxylic acids is 1. The van der Waals surface area contributed by atoms with Gasteiger partial charge in [0.1, 0.15) is 4.90 Å². The Hall–Kier alpha value is -0.820. The van der Waals surface area contributed by atoms with E-state index in [0.29, 0.717) is 24.5 Å². The number of nitrogens with one attached hydrogen (secondary N) is 1. The molecule has 1 aliphatic rings. The molecule has 23 heavy (non-hydrogen) atoms. The van der Waals surface area contributed by atoms with E-state index in [2.05, 4.69) is 5.32 Å². The molecular formula is C15H20Cl2N2O3S. The third-order valence-corrected chi connectivity index (χ3v) is 6.58. The van der Waals surface area contributed by atoms with E-state index in [-0.39, 0.29) is 21.9 Å². The molecule has 1 aliphatic heterocycles. The summed E-state index contributed by atoms with van der Waals surface area (Å²) in [6.07, 6.45) is 3.17. The summed E-state index contributed by atoms with van der Waals surface area (Å²) in [4.78, 5) is 11.1. The number of benzene rings is 1. The van der Waals surface area contributed by atoms with Crippen molar-refractivity contribution in [2.75, 3.05) is 13.1 Å². The number of hydrogen-bond donors (Lipinski definition) is 1. The second kappa shape index (κ2) is 7.83. The van der Waals surface area contributed by atoms with Crippen LogP contribution in [0.15, 0.2) is 23.1 Å². The van der Waals surface area contributed by atoms with Crippen molar-refractivity contribution < 1.29 is 13.2 Å². The smallest absolute Gasteiger partial charge is 0.244 e. The van der Waals surface area contributed by atoms with Crippen LogP contribution in [0.2, 0.25) is 10.0 Å². The van der Waals surface area contributed by atoms with Crippen molar-refractivity contribution in [1.82, 2.24) is 9.62 Å². The zero-order chi connectivity index (χ0) is 17.0. The fourth-order valence-corrected chi connectivity index (χ4v) is 5.28. The highest BCUT2D eigenvalue weighted by Crippen LogP contribution is 2.31. The number of sulfonamides is 1. The number of piperidine rings is 1. The molecule has 1 aromatic rings. The average Bonchev–Trinajstić information content (AvgIpc) is 2.46. The molecule has 1 fully saturated rings. The highest BCUT2D eigenvalue weighted by Gasteiger charge is 2.34. The molecule has 1 amide bonds. The van der Waals surface area contributed by atoms with E-state index in [1.165, 1.54) is 29.4 Å². The Morgan fingerprint density at radius 3 is 2.74 bits per heavy atom. The number of rotatable bonds is 5. The lowest BCUT2D eigenvalue weighted by Crippen LogP contribution is -2.45. The van der Waals surface area contributed by atoms with Gasteiger partial charge in [-0.2, -0.15) is 4.31 Å². The first-order chi connectivity index (χ1) is 10.8. The number of hydrogen-bond acceptors (Lipinski definition) is 3. The lowest BCUT2D eigenvalue weighted by molar-refractivity contribution is -0.119. The predicted octanol–water partition coefficient (Wildman–Crippen LogP) is 3.06. The van der Waals surface area contributed by atoms with Gasteiger partial charge in [-0.3, -0.25) is 4.79 Å². The Morgan fingerprint density at radius 1 is 1.35 bits per heavy atom. The lowest BCUT2D eigenvalue weighted by Gasteiger charge is -2.35. The monoisotopic (exact) mass is 378 g/mol. The highest BCUT2D eigenvalue weighted by atomic mass is 35.5. The molecule has 0 aromatic heterocycles. The zero-order valence-electron chi connectivity index (χ0n) is 12.9. The molecule has 8 heteroatoms. The van der Waals surface area contributed by atoms with Crippen LogP contribution in [0.4, 0.5) is 0 Å². The normalized spacial score (nSPS) is 19.5. The lowest BCUT2D eigenvalue weighted by atomic mass is 10.0. The number of nitrogens with zero attached hydrogens (tertiary/aromatic N) is 1. The maximum atomic E-state index is 12.9. The second-order valence-electron chi connectivity index (χ2n) is 5.61. The summed E-state index contributed by atoms with van der Waals surface area (Å²) in [5, 5.41) is 3.25. The van der Waals surface area contributed by atoms with Crippen molar-refractivity contribution in [3.63, 3.8) is 0 Å². The van der Waals surface area contributed by atoms with Crippen LogP contribution in [-0.4, -0.2) is 37.8 Å².